The van der Waals surface area contributed by atoms with E-state index in [2.05, 4.69) is 10.9 Å². The van der Waals surface area contributed by atoms with Gasteiger partial charge in [-0.1, -0.05) is 29.8 Å². The summed E-state index contributed by atoms with van der Waals surface area (Å²) in [5.41, 5.74) is 5.27. The largest absolute Gasteiger partial charge is 0.272 e. The third kappa shape index (κ3) is 5.41. The molecule has 1 aromatic carbocycles. The van der Waals surface area contributed by atoms with Crippen LogP contribution in [0.5, 0.6) is 0 Å². The van der Waals surface area contributed by atoms with E-state index in [-0.39, 0.29) is 17.6 Å². The lowest BCUT2D eigenvalue weighted by Crippen LogP contribution is -2.42. The molecule has 0 saturated heterocycles. The number of carbonyl (C=O) groups excluding carboxylic acids is 2. The summed E-state index contributed by atoms with van der Waals surface area (Å²) >= 11 is 8.79. The number of benzene rings is 1. The molecule has 0 unspecified atom stereocenters. The molecule has 0 spiro atoms. The molecule has 2 amide bonds. The quantitative estimate of drug-likeness (QED) is 0.822. The molecule has 1 aromatic heterocycles. The van der Waals surface area contributed by atoms with Crippen molar-refractivity contribution in [1.29, 1.82) is 0 Å². The lowest BCUT2D eigenvalue weighted by Gasteiger charge is -2.06. The molecule has 0 fully saturated rings. The molecule has 7 heteroatoms. The normalized spacial score (nSPS) is 10.1. The van der Waals surface area contributed by atoms with E-state index >= 15 is 0 Å². The predicted molar refractivity (Wildman–Crippen MR) is 87.5 cm³/mol. The highest BCUT2D eigenvalue weighted by atomic mass is 35.5. The van der Waals surface area contributed by atoms with Crippen molar-refractivity contribution in [2.45, 2.75) is 5.75 Å². The molecule has 0 bridgehead atoms. The molecule has 4 nitrogen and oxygen atoms in total. The molecule has 0 aliphatic rings. The Bertz CT molecular complexity index is 616. The van der Waals surface area contributed by atoms with Crippen LogP contribution in [0.3, 0.4) is 0 Å². The van der Waals surface area contributed by atoms with Crippen molar-refractivity contribution >= 4 is 46.5 Å². The van der Waals surface area contributed by atoms with E-state index in [0.29, 0.717) is 5.56 Å². The number of hydrogen-bond acceptors (Lipinski definition) is 4. The van der Waals surface area contributed by atoms with Gasteiger partial charge >= 0.3 is 0 Å². The molecule has 2 aromatic rings. The molecule has 0 radical (unpaired) electrons. The highest BCUT2D eigenvalue weighted by Crippen LogP contribution is 2.24. The van der Waals surface area contributed by atoms with Gasteiger partial charge in [0.15, 0.2) is 0 Å². The summed E-state index contributed by atoms with van der Waals surface area (Å²) in [6.45, 7) is 0. The molecule has 21 heavy (non-hydrogen) atoms. The van der Waals surface area contributed by atoms with Crippen LogP contribution in [0.15, 0.2) is 42.5 Å². The third-order valence-corrected chi connectivity index (χ3v) is 4.85. The van der Waals surface area contributed by atoms with Crippen LogP contribution in [-0.4, -0.2) is 17.6 Å². The van der Waals surface area contributed by atoms with Crippen LogP contribution < -0.4 is 10.9 Å². The fourth-order valence-electron chi connectivity index (χ4n) is 1.50. The predicted octanol–water partition coefficient (Wildman–Crippen LogP) is 3.10. The summed E-state index contributed by atoms with van der Waals surface area (Å²) in [5.74, 6) is 0.410. The van der Waals surface area contributed by atoms with E-state index in [1.165, 1.54) is 23.1 Å². The molecule has 110 valence electrons. The van der Waals surface area contributed by atoms with Crippen LogP contribution >= 0.6 is 34.7 Å². The van der Waals surface area contributed by atoms with Crippen molar-refractivity contribution in [2.75, 3.05) is 5.75 Å². The number of rotatable bonds is 5. The Balaban J connectivity index is 1.67. The fraction of sp³-hybridized carbons (Fsp3) is 0.143. The van der Waals surface area contributed by atoms with E-state index in [1.54, 1.807) is 24.3 Å². The van der Waals surface area contributed by atoms with Crippen LogP contribution in [0, 0.1) is 0 Å². The minimum atomic E-state index is -0.334. The molecule has 2 rings (SSSR count). The van der Waals surface area contributed by atoms with Crippen molar-refractivity contribution in [3.8, 4) is 0 Å². The van der Waals surface area contributed by atoms with Crippen molar-refractivity contribution in [1.82, 2.24) is 10.9 Å². The van der Waals surface area contributed by atoms with Crippen LogP contribution in [0.4, 0.5) is 0 Å². The maximum atomic E-state index is 11.7. The Morgan fingerprint density at radius 1 is 1.10 bits per heavy atom. The summed E-state index contributed by atoms with van der Waals surface area (Å²) in [6, 6.07) is 12.5. The summed E-state index contributed by atoms with van der Waals surface area (Å²) in [5, 5.41) is 0. The number of thiophene rings is 1. The lowest BCUT2D eigenvalue weighted by atomic mass is 10.2. The minimum Gasteiger partial charge on any atom is -0.272 e. The second-order valence-electron chi connectivity index (χ2n) is 4.07. The second kappa shape index (κ2) is 8.07. The zero-order valence-electron chi connectivity index (χ0n) is 11.0. The van der Waals surface area contributed by atoms with Gasteiger partial charge in [0.25, 0.3) is 5.91 Å². The Hall–Kier alpha value is -1.50. The van der Waals surface area contributed by atoms with Gasteiger partial charge in [0, 0.05) is 16.2 Å². The molecule has 0 saturated carbocycles. The molecule has 0 atom stereocenters. The number of halogens is 1. The SMILES string of the molecule is O=C(CSCc1ccc(Cl)s1)NNC(=O)c1ccccc1. The fourth-order valence-corrected chi connectivity index (χ4v) is 3.52. The maximum absolute atomic E-state index is 11.7. The first-order valence-electron chi connectivity index (χ1n) is 6.11. The average Bonchev–Trinajstić information content (AvgIpc) is 2.91. The Labute approximate surface area is 135 Å². The van der Waals surface area contributed by atoms with Crippen molar-refractivity contribution < 1.29 is 9.59 Å². The Kier molecular flexibility index (Phi) is 6.10. The van der Waals surface area contributed by atoms with Gasteiger partial charge < -0.3 is 0 Å². The van der Waals surface area contributed by atoms with Gasteiger partial charge in [-0.2, -0.15) is 0 Å². The van der Waals surface area contributed by atoms with Gasteiger partial charge in [-0.15, -0.1) is 23.1 Å². The highest BCUT2D eigenvalue weighted by molar-refractivity contribution is 7.99. The van der Waals surface area contributed by atoms with Gasteiger partial charge in [-0.3, -0.25) is 20.4 Å². The number of thioether (sulfide) groups is 1. The van der Waals surface area contributed by atoms with Gasteiger partial charge in [0.2, 0.25) is 5.91 Å². The minimum absolute atomic E-state index is 0.244. The van der Waals surface area contributed by atoms with Crippen LogP contribution in [0.2, 0.25) is 4.34 Å². The zero-order chi connectivity index (χ0) is 15.1. The molecular formula is C14H13ClN2O2S2. The first kappa shape index (κ1) is 15.9. The summed E-state index contributed by atoms with van der Waals surface area (Å²) < 4.78 is 0.741. The molecular weight excluding hydrogens is 328 g/mol. The van der Waals surface area contributed by atoms with E-state index in [1.807, 2.05) is 18.2 Å². The van der Waals surface area contributed by atoms with Gasteiger partial charge in [0.1, 0.15) is 0 Å². The topological polar surface area (TPSA) is 58.2 Å². The summed E-state index contributed by atoms with van der Waals surface area (Å²) in [4.78, 5) is 24.4. The van der Waals surface area contributed by atoms with Crippen LogP contribution in [0.1, 0.15) is 15.2 Å². The molecule has 2 N–H and O–H groups in total. The first-order chi connectivity index (χ1) is 10.1. The maximum Gasteiger partial charge on any atom is 0.269 e. The highest BCUT2D eigenvalue weighted by Gasteiger charge is 2.07. The molecule has 0 aliphatic heterocycles. The van der Waals surface area contributed by atoms with Gasteiger partial charge in [-0.25, -0.2) is 0 Å². The number of hydrazine groups is 1. The van der Waals surface area contributed by atoms with Crippen LogP contribution in [0.25, 0.3) is 0 Å². The number of amides is 2. The van der Waals surface area contributed by atoms with Crippen LogP contribution in [-0.2, 0) is 10.5 Å². The zero-order valence-corrected chi connectivity index (χ0v) is 13.4. The third-order valence-electron chi connectivity index (χ3n) is 2.46. The summed E-state index contributed by atoms with van der Waals surface area (Å²) in [7, 11) is 0. The van der Waals surface area contributed by atoms with Crippen molar-refractivity contribution in [3.05, 3.63) is 57.2 Å². The number of nitrogens with one attached hydrogen (secondary N) is 2. The Morgan fingerprint density at radius 3 is 2.52 bits per heavy atom. The molecule has 1 heterocycles. The Morgan fingerprint density at radius 2 is 1.86 bits per heavy atom. The van der Waals surface area contributed by atoms with E-state index in [9.17, 15) is 9.59 Å². The van der Waals surface area contributed by atoms with Crippen molar-refractivity contribution in [3.63, 3.8) is 0 Å². The smallest absolute Gasteiger partial charge is 0.269 e. The van der Waals surface area contributed by atoms with Gasteiger partial charge in [0.05, 0.1) is 10.1 Å². The number of carbonyl (C=O) groups is 2. The first-order valence-corrected chi connectivity index (χ1v) is 8.46. The number of hydrogen-bond donors (Lipinski definition) is 2. The van der Waals surface area contributed by atoms with E-state index in [4.69, 9.17) is 11.6 Å². The second-order valence-corrected chi connectivity index (χ2v) is 6.85. The van der Waals surface area contributed by atoms with Gasteiger partial charge in [-0.05, 0) is 24.3 Å². The van der Waals surface area contributed by atoms with Crippen molar-refractivity contribution in [2.24, 2.45) is 0 Å². The lowest BCUT2D eigenvalue weighted by molar-refractivity contribution is -0.119. The monoisotopic (exact) mass is 340 g/mol. The van der Waals surface area contributed by atoms with E-state index < -0.39 is 0 Å². The summed E-state index contributed by atoms with van der Waals surface area (Å²) in [6.07, 6.45) is 0. The van der Waals surface area contributed by atoms with E-state index in [0.717, 1.165) is 15.0 Å². The molecule has 0 aliphatic carbocycles. The standard InChI is InChI=1S/C14H13ClN2O2S2/c15-12-7-6-11(21-12)8-20-9-13(18)16-17-14(19)10-4-2-1-3-5-10/h1-7H,8-9H2,(H,16,18)(H,17,19). The average molecular weight is 341 g/mol.